The van der Waals surface area contributed by atoms with Crippen LogP contribution in [0.5, 0.6) is 0 Å². The number of carbonyl (C=O) groups is 1. The van der Waals surface area contributed by atoms with E-state index in [4.69, 9.17) is 11.6 Å². The summed E-state index contributed by atoms with van der Waals surface area (Å²) in [6, 6.07) is 9.16. The van der Waals surface area contributed by atoms with E-state index >= 15 is 0 Å². The van der Waals surface area contributed by atoms with Gasteiger partial charge in [0.25, 0.3) is 5.56 Å². The number of benzene rings is 1. The fraction of sp³-hybridized carbons (Fsp3) is 0.450. The first kappa shape index (κ1) is 18.0. The normalized spacial score (nSPS) is 18.3. The first-order chi connectivity index (χ1) is 13.1. The molecule has 0 radical (unpaired) electrons. The van der Waals surface area contributed by atoms with Crippen LogP contribution >= 0.6 is 11.6 Å². The minimum atomic E-state index is -0.374. The average Bonchev–Trinajstić information content (AvgIpc) is 3.19. The fourth-order valence-electron chi connectivity index (χ4n) is 4.01. The molecule has 1 saturated heterocycles. The van der Waals surface area contributed by atoms with Gasteiger partial charge >= 0.3 is 0 Å². The quantitative estimate of drug-likeness (QED) is 0.810. The lowest BCUT2D eigenvalue weighted by molar-refractivity contribution is -0.131. The monoisotopic (exact) mass is 386 g/mol. The molecule has 2 aliphatic rings. The van der Waals surface area contributed by atoms with Gasteiger partial charge in [-0.25, -0.2) is 0 Å². The Kier molecular flexibility index (Phi) is 5.16. The zero-order valence-electron chi connectivity index (χ0n) is 15.2. The summed E-state index contributed by atoms with van der Waals surface area (Å²) < 4.78 is 1.28. The second-order valence-electron chi connectivity index (χ2n) is 7.31. The summed E-state index contributed by atoms with van der Waals surface area (Å²) in [5.41, 5.74) is 0.817. The molecule has 1 aliphatic carbocycles. The van der Waals surface area contributed by atoms with Crippen LogP contribution in [0.1, 0.15) is 25.7 Å². The number of hydrogen-bond donors (Lipinski definition) is 0. The molecule has 2 heterocycles. The van der Waals surface area contributed by atoms with Gasteiger partial charge in [0.2, 0.25) is 5.91 Å². The van der Waals surface area contributed by atoms with E-state index in [1.807, 2.05) is 28.0 Å². The lowest BCUT2D eigenvalue weighted by Gasteiger charge is -2.36. The molecule has 1 aromatic carbocycles. The van der Waals surface area contributed by atoms with E-state index in [1.54, 1.807) is 18.3 Å². The predicted octanol–water partition coefficient (Wildman–Crippen LogP) is 2.72. The first-order valence-electron chi connectivity index (χ1n) is 9.49. The summed E-state index contributed by atoms with van der Waals surface area (Å²) >= 11 is 6.36. The van der Waals surface area contributed by atoms with Crippen molar-refractivity contribution >= 4 is 23.2 Å². The number of nitrogens with zero attached hydrogens (tertiary/aromatic N) is 4. The topological polar surface area (TPSA) is 58.4 Å². The molecule has 27 heavy (non-hydrogen) atoms. The summed E-state index contributed by atoms with van der Waals surface area (Å²) in [5, 5.41) is 4.37. The van der Waals surface area contributed by atoms with Gasteiger partial charge in [-0.05, 0) is 30.9 Å². The number of aromatic nitrogens is 2. The number of anilines is 1. The van der Waals surface area contributed by atoms with Gasteiger partial charge in [0.1, 0.15) is 5.02 Å². The van der Waals surface area contributed by atoms with E-state index in [9.17, 15) is 9.59 Å². The van der Waals surface area contributed by atoms with Crippen molar-refractivity contribution in [1.82, 2.24) is 14.7 Å². The van der Waals surface area contributed by atoms with E-state index < -0.39 is 0 Å². The Bertz CT molecular complexity index is 877. The number of para-hydroxylation sites is 1. The Morgan fingerprint density at radius 1 is 1.07 bits per heavy atom. The Labute approximate surface area is 163 Å². The molecular formula is C20H23ClN4O2. The van der Waals surface area contributed by atoms with Crippen LogP contribution < -0.4 is 10.5 Å². The lowest BCUT2D eigenvalue weighted by atomic mass is 10.1. The van der Waals surface area contributed by atoms with Gasteiger partial charge in [0, 0.05) is 19.6 Å². The zero-order chi connectivity index (χ0) is 18.8. The fourth-order valence-corrected chi connectivity index (χ4v) is 4.26. The standard InChI is InChI=1S/C20H23ClN4O2/c21-19-17(12-22-25(20(19)27)16-8-2-1-3-9-16)23-10-11-24(18(26)14-23)13-15-6-4-5-7-15/h1-3,8-9,12,15H,4-7,10-11,13-14H2. The minimum Gasteiger partial charge on any atom is -0.358 e. The number of rotatable bonds is 4. The van der Waals surface area contributed by atoms with Crippen molar-refractivity contribution in [3.05, 3.63) is 51.9 Å². The van der Waals surface area contributed by atoms with E-state index in [0.717, 1.165) is 6.54 Å². The van der Waals surface area contributed by atoms with Gasteiger partial charge in [-0.1, -0.05) is 42.6 Å². The van der Waals surface area contributed by atoms with Gasteiger partial charge < -0.3 is 9.80 Å². The van der Waals surface area contributed by atoms with Crippen LogP contribution in [0, 0.1) is 5.92 Å². The smallest absolute Gasteiger partial charge is 0.292 e. The summed E-state index contributed by atoms with van der Waals surface area (Å²) in [5.74, 6) is 0.733. The maximum atomic E-state index is 12.7. The molecule has 6 nitrogen and oxygen atoms in total. The Morgan fingerprint density at radius 3 is 2.52 bits per heavy atom. The molecule has 2 aromatic rings. The molecule has 0 spiro atoms. The third-order valence-electron chi connectivity index (χ3n) is 5.51. The summed E-state index contributed by atoms with van der Waals surface area (Å²) in [6.07, 6.45) is 6.58. The van der Waals surface area contributed by atoms with Crippen LogP contribution in [0.2, 0.25) is 5.02 Å². The minimum absolute atomic E-state index is 0.0939. The van der Waals surface area contributed by atoms with Crippen molar-refractivity contribution in [2.75, 3.05) is 31.1 Å². The molecule has 7 heteroatoms. The van der Waals surface area contributed by atoms with Crippen LogP contribution in [0.15, 0.2) is 41.3 Å². The van der Waals surface area contributed by atoms with Gasteiger partial charge in [0.15, 0.2) is 0 Å². The van der Waals surface area contributed by atoms with Crippen molar-refractivity contribution in [1.29, 1.82) is 0 Å². The highest BCUT2D eigenvalue weighted by molar-refractivity contribution is 6.33. The van der Waals surface area contributed by atoms with Crippen molar-refractivity contribution in [2.24, 2.45) is 5.92 Å². The highest BCUT2D eigenvalue weighted by atomic mass is 35.5. The number of halogens is 1. The van der Waals surface area contributed by atoms with Gasteiger partial charge in [0.05, 0.1) is 24.1 Å². The molecule has 1 amide bonds. The van der Waals surface area contributed by atoms with Crippen LogP contribution in [-0.2, 0) is 4.79 Å². The molecule has 0 atom stereocenters. The molecule has 0 unspecified atom stereocenters. The van der Waals surface area contributed by atoms with E-state index in [1.165, 1.54) is 30.4 Å². The van der Waals surface area contributed by atoms with Crippen LogP contribution in [0.4, 0.5) is 5.69 Å². The van der Waals surface area contributed by atoms with Crippen molar-refractivity contribution in [2.45, 2.75) is 25.7 Å². The van der Waals surface area contributed by atoms with E-state index in [2.05, 4.69) is 5.10 Å². The molecule has 142 valence electrons. The SMILES string of the molecule is O=C1CN(c2cnn(-c3ccccc3)c(=O)c2Cl)CCN1CC1CCCC1. The van der Waals surface area contributed by atoms with Crippen molar-refractivity contribution in [3.63, 3.8) is 0 Å². The molecule has 1 saturated carbocycles. The van der Waals surface area contributed by atoms with E-state index in [0.29, 0.717) is 30.4 Å². The van der Waals surface area contributed by atoms with E-state index in [-0.39, 0.29) is 23.0 Å². The van der Waals surface area contributed by atoms with Crippen molar-refractivity contribution < 1.29 is 4.79 Å². The number of piperazine rings is 1. The second kappa shape index (κ2) is 7.72. The highest BCUT2D eigenvalue weighted by Gasteiger charge is 2.29. The molecule has 1 aliphatic heterocycles. The second-order valence-corrected chi connectivity index (χ2v) is 7.69. The summed E-state index contributed by atoms with van der Waals surface area (Å²) in [6.45, 7) is 2.42. The third kappa shape index (κ3) is 3.72. The molecule has 0 bridgehead atoms. The number of carbonyl (C=O) groups excluding carboxylic acids is 1. The molecular weight excluding hydrogens is 364 g/mol. The third-order valence-corrected chi connectivity index (χ3v) is 5.87. The largest absolute Gasteiger partial charge is 0.358 e. The molecule has 4 rings (SSSR count). The Hall–Kier alpha value is -2.34. The van der Waals surface area contributed by atoms with Crippen LogP contribution in [-0.4, -0.2) is 46.8 Å². The number of amides is 1. The average molecular weight is 387 g/mol. The lowest BCUT2D eigenvalue weighted by Crippen LogP contribution is -2.52. The molecule has 1 aromatic heterocycles. The van der Waals surface area contributed by atoms with Crippen LogP contribution in [0.25, 0.3) is 5.69 Å². The molecule has 0 N–H and O–H groups in total. The van der Waals surface area contributed by atoms with Crippen LogP contribution in [0.3, 0.4) is 0 Å². The first-order valence-corrected chi connectivity index (χ1v) is 9.87. The molecule has 2 fully saturated rings. The highest BCUT2D eigenvalue weighted by Crippen LogP contribution is 2.27. The Balaban J connectivity index is 1.50. The maximum Gasteiger partial charge on any atom is 0.292 e. The number of hydrogen-bond acceptors (Lipinski definition) is 4. The zero-order valence-corrected chi connectivity index (χ0v) is 15.9. The Morgan fingerprint density at radius 2 is 1.81 bits per heavy atom. The van der Waals surface area contributed by atoms with Crippen molar-refractivity contribution in [3.8, 4) is 5.69 Å². The van der Waals surface area contributed by atoms with Gasteiger partial charge in [-0.2, -0.15) is 9.78 Å². The summed E-state index contributed by atoms with van der Waals surface area (Å²) in [7, 11) is 0. The predicted molar refractivity (Wildman–Crippen MR) is 106 cm³/mol. The van der Waals surface area contributed by atoms with Gasteiger partial charge in [-0.15, -0.1) is 0 Å². The summed E-state index contributed by atoms with van der Waals surface area (Å²) in [4.78, 5) is 29.1. The van der Waals surface area contributed by atoms with Gasteiger partial charge in [-0.3, -0.25) is 9.59 Å². The maximum absolute atomic E-state index is 12.7.